The summed E-state index contributed by atoms with van der Waals surface area (Å²) in [5.74, 6) is -0.233. The Bertz CT molecular complexity index is 391. The van der Waals surface area contributed by atoms with Crippen molar-refractivity contribution in [2.75, 3.05) is 25.1 Å². The van der Waals surface area contributed by atoms with Crippen LogP contribution in [0.4, 0.5) is 10.1 Å². The first-order valence-corrected chi connectivity index (χ1v) is 5.08. The van der Waals surface area contributed by atoms with Crippen LogP contribution >= 0.6 is 0 Å². The molecule has 0 spiro atoms. The zero-order valence-corrected chi connectivity index (χ0v) is 9.06. The summed E-state index contributed by atoms with van der Waals surface area (Å²) in [7, 11) is 1.93. The summed E-state index contributed by atoms with van der Waals surface area (Å²) < 4.78 is 17.8. The number of nitrogens with two attached hydrogens (primary N) is 1. The van der Waals surface area contributed by atoms with Gasteiger partial charge in [-0.1, -0.05) is 0 Å². The van der Waals surface area contributed by atoms with Gasteiger partial charge in [0, 0.05) is 19.3 Å². The summed E-state index contributed by atoms with van der Waals surface area (Å²) in [6.45, 7) is 1.21. The number of hydrogen-bond donors (Lipinski definition) is 1. The van der Waals surface area contributed by atoms with E-state index >= 15 is 0 Å². The first-order valence-electron chi connectivity index (χ1n) is 5.08. The Kier molecular flexibility index (Phi) is 2.94. The van der Waals surface area contributed by atoms with Crippen LogP contribution in [-0.2, 0) is 4.74 Å². The molecule has 1 heterocycles. The topological polar surface area (TPSA) is 50.9 Å². The van der Waals surface area contributed by atoms with E-state index in [-0.39, 0.29) is 17.9 Å². The summed E-state index contributed by atoms with van der Waals surface area (Å²) in [4.78, 5) is 6.12. The van der Waals surface area contributed by atoms with Gasteiger partial charge in [0.25, 0.3) is 6.02 Å². The average molecular weight is 223 g/mol. The van der Waals surface area contributed by atoms with Crippen molar-refractivity contribution in [3.63, 3.8) is 0 Å². The van der Waals surface area contributed by atoms with Gasteiger partial charge in [-0.2, -0.15) is 0 Å². The van der Waals surface area contributed by atoms with Crippen molar-refractivity contribution in [2.24, 2.45) is 10.7 Å². The fourth-order valence-electron chi connectivity index (χ4n) is 1.65. The van der Waals surface area contributed by atoms with E-state index in [9.17, 15) is 4.39 Å². The number of nitrogens with zero attached hydrogens (tertiary/aromatic N) is 2. The Morgan fingerprint density at radius 3 is 2.75 bits per heavy atom. The SMILES string of the molecule is CN(C[C@@H]1COC(N)=N1)c1ccc(F)cc1. The van der Waals surface area contributed by atoms with Gasteiger partial charge in [-0.3, -0.25) is 0 Å². The van der Waals surface area contributed by atoms with Gasteiger partial charge in [0.2, 0.25) is 0 Å². The number of amidine groups is 1. The lowest BCUT2D eigenvalue weighted by molar-refractivity contribution is 0.314. The molecule has 0 amide bonds. The van der Waals surface area contributed by atoms with Crippen molar-refractivity contribution in [3.05, 3.63) is 30.1 Å². The van der Waals surface area contributed by atoms with Crippen LogP contribution in [-0.4, -0.2) is 32.3 Å². The lowest BCUT2D eigenvalue weighted by atomic mass is 10.2. The highest BCUT2D eigenvalue weighted by molar-refractivity contribution is 5.73. The van der Waals surface area contributed by atoms with Crippen LogP contribution in [0.5, 0.6) is 0 Å². The highest BCUT2D eigenvalue weighted by Gasteiger charge is 2.18. The van der Waals surface area contributed by atoms with Crippen molar-refractivity contribution < 1.29 is 9.13 Å². The normalized spacial score (nSPS) is 19.1. The number of likely N-dealkylation sites (N-methyl/N-ethyl adjacent to an activating group) is 1. The van der Waals surface area contributed by atoms with Crippen molar-refractivity contribution in [1.29, 1.82) is 0 Å². The molecule has 0 aliphatic carbocycles. The maximum atomic E-state index is 12.7. The van der Waals surface area contributed by atoms with Gasteiger partial charge in [0.1, 0.15) is 18.5 Å². The zero-order chi connectivity index (χ0) is 11.5. The van der Waals surface area contributed by atoms with E-state index in [1.54, 1.807) is 12.1 Å². The van der Waals surface area contributed by atoms with E-state index in [4.69, 9.17) is 10.5 Å². The maximum Gasteiger partial charge on any atom is 0.282 e. The minimum absolute atomic E-state index is 0.0510. The Labute approximate surface area is 93.5 Å². The molecule has 2 N–H and O–H groups in total. The van der Waals surface area contributed by atoms with E-state index in [1.165, 1.54) is 12.1 Å². The van der Waals surface area contributed by atoms with Gasteiger partial charge in [0.05, 0.1) is 0 Å². The highest BCUT2D eigenvalue weighted by atomic mass is 19.1. The van der Waals surface area contributed by atoms with E-state index in [0.717, 1.165) is 5.69 Å². The number of benzene rings is 1. The van der Waals surface area contributed by atoms with Crippen molar-refractivity contribution in [3.8, 4) is 0 Å². The molecule has 2 rings (SSSR count). The summed E-state index contributed by atoms with van der Waals surface area (Å²) in [6.07, 6.45) is 0. The molecule has 1 aliphatic rings. The van der Waals surface area contributed by atoms with Crippen LogP contribution in [0.25, 0.3) is 0 Å². The number of aliphatic imine (C=N–C) groups is 1. The number of halogens is 1. The Morgan fingerprint density at radius 1 is 1.50 bits per heavy atom. The average Bonchev–Trinajstić information content (AvgIpc) is 2.65. The molecule has 0 unspecified atom stereocenters. The monoisotopic (exact) mass is 223 g/mol. The molecular weight excluding hydrogens is 209 g/mol. The minimum atomic E-state index is -0.233. The van der Waals surface area contributed by atoms with Gasteiger partial charge in [-0.25, -0.2) is 9.38 Å². The predicted molar refractivity (Wildman–Crippen MR) is 61.0 cm³/mol. The van der Waals surface area contributed by atoms with Crippen LogP contribution in [0.1, 0.15) is 0 Å². The Balaban J connectivity index is 1.97. The molecule has 1 atom stereocenters. The molecule has 16 heavy (non-hydrogen) atoms. The molecule has 0 fully saturated rings. The Hall–Kier alpha value is -1.78. The molecular formula is C11H14FN3O. The van der Waals surface area contributed by atoms with Gasteiger partial charge >= 0.3 is 0 Å². The molecule has 1 aliphatic heterocycles. The Morgan fingerprint density at radius 2 is 2.19 bits per heavy atom. The fraction of sp³-hybridized carbons (Fsp3) is 0.364. The number of hydrogen-bond acceptors (Lipinski definition) is 4. The lowest BCUT2D eigenvalue weighted by Crippen LogP contribution is -2.28. The molecule has 0 aromatic heterocycles. The van der Waals surface area contributed by atoms with Crippen LogP contribution in [0.15, 0.2) is 29.3 Å². The van der Waals surface area contributed by atoms with Crippen LogP contribution in [0, 0.1) is 5.82 Å². The number of anilines is 1. The van der Waals surface area contributed by atoms with Crippen LogP contribution in [0.3, 0.4) is 0 Å². The summed E-state index contributed by atoms with van der Waals surface area (Å²) in [5, 5.41) is 0. The standard InChI is InChI=1S/C11H14FN3O/c1-15(6-9-7-16-11(13)14-9)10-4-2-8(12)3-5-10/h2-5,9H,6-7H2,1H3,(H2,13,14)/t9-/m1/s1. The molecule has 0 bridgehead atoms. The second-order valence-corrected chi connectivity index (χ2v) is 3.79. The number of ether oxygens (including phenoxy) is 1. The largest absolute Gasteiger partial charge is 0.463 e. The maximum absolute atomic E-state index is 12.7. The van der Waals surface area contributed by atoms with Crippen LogP contribution < -0.4 is 10.6 Å². The molecule has 4 nitrogen and oxygen atoms in total. The number of rotatable bonds is 3. The highest BCUT2D eigenvalue weighted by Crippen LogP contribution is 2.14. The lowest BCUT2D eigenvalue weighted by Gasteiger charge is -2.20. The first kappa shape index (κ1) is 10.7. The second-order valence-electron chi connectivity index (χ2n) is 3.79. The van der Waals surface area contributed by atoms with E-state index in [2.05, 4.69) is 4.99 Å². The van der Waals surface area contributed by atoms with Gasteiger partial charge in [-0.15, -0.1) is 0 Å². The predicted octanol–water partition coefficient (Wildman–Crippen LogP) is 0.975. The third kappa shape index (κ3) is 2.42. The molecule has 0 radical (unpaired) electrons. The molecule has 1 aromatic rings. The molecule has 1 aromatic carbocycles. The molecule has 0 saturated carbocycles. The van der Waals surface area contributed by atoms with E-state index < -0.39 is 0 Å². The van der Waals surface area contributed by atoms with Crippen LogP contribution in [0.2, 0.25) is 0 Å². The van der Waals surface area contributed by atoms with E-state index in [0.29, 0.717) is 13.2 Å². The summed E-state index contributed by atoms with van der Waals surface area (Å²) >= 11 is 0. The summed E-state index contributed by atoms with van der Waals surface area (Å²) in [6, 6.07) is 6.65. The summed E-state index contributed by atoms with van der Waals surface area (Å²) in [5.41, 5.74) is 6.37. The quantitative estimate of drug-likeness (QED) is 0.830. The first-order chi connectivity index (χ1) is 7.65. The molecule has 5 heteroatoms. The molecule has 86 valence electrons. The van der Waals surface area contributed by atoms with Crippen molar-refractivity contribution in [2.45, 2.75) is 6.04 Å². The van der Waals surface area contributed by atoms with Gasteiger partial charge in [-0.05, 0) is 24.3 Å². The third-order valence-corrected chi connectivity index (χ3v) is 2.49. The van der Waals surface area contributed by atoms with E-state index in [1.807, 2.05) is 11.9 Å². The minimum Gasteiger partial charge on any atom is -0.463 e. The van der Waals surface area contributed by atoms with Gasteiger partial charge in [0.15, 0.2) is 0 Å². The second kappa shape index (κ2) is 4.38. The van der Waals surface area contributed by atoms with Crippen molar-refractivity contribution in [1.82, 2.24) is 0 Å². The van der Waals surface area contributed by atoms with Gasteiger partial charge < -0.3 is 15.4 Å². The fourth-order valence-corrected chi connectivity index (χ4v) is 1.65. The molecule has 0 saturated heterocycles. The van der Waals surface area contributed by atoms with Crippen molar-refractivity contribution >= 4 is 11.7 Å². The smallest absolute Gasteiger partial charge is 0.282 e. The third-order valence-electron chi connectivity index (χ3n) is 2.49. The zero-order valence-electron chi connectivity index (χ0n) is 9.06.